The minimum absolute atomic E-state index is 0.811. The molecule has 1 aromatic rings. The molecule has 0 N–H and O–H groups in total. The van der Waals surface area contributed by atoms with E-state index in [1.807, 2.05) is 80.6 Å². The van der Waals surface area contributed by atoms with E-state index in [0.29, 0.717) is 0 Å². The Hall–Kier alpha value is -1.93. The molecule has 1 nitrogen and oxygen atoms in total. The molecule has 1 aliphatic rings. The highest BCUT2D eigenvalue weighted by molar-refractivity contribution is 8.10. The van der Waals surface area contributed by atoms with Crippen LogP contribution in [-0.4, -0.2) is 4.21 Å². The Kier molecular flexibility index (Phi) is 5.29. The lowest BCUT2D eigenvalue weighted by molar-refractivity contribution is 0.679. The molecule has 0 unspecified atom stereocenters. The Labute approximate surface area is 128 Å². The summed E-state index contributed by atoms with van der Waals surface area (Å²) in [5, 5.41) is 0. The van der Waals surface area contributed by atoms with E-state index in [2.05, 4.69) is 12.2 Å². The zero-order chi connectivity index (χ0) is 15.1. The maximum atomic E-state index is 14.0. The van der Waals surface area contributed by atoms with Gasteiger partial charge in [-0.25, -0.2) is 0 Å². The molecule has 2 heteroatoms. The van der Waals surface area contributed by atoms with Gasteiger partial charge in [-0.1, -0.05) is 60.7 Å². The molecule has 21 heavy (non-hydrogen) atoms. The van der Waals surface area contributed by atoms with E-state index in [9.17, 15) is 4.21 Å². The summed E-state index contributed by atoms with van der Waals surface area (Å²) in [5.41, 5.74) is 0. The normalized spacial score (nSPS) is 16.9. The molecule has 0 saturated heterocycles. The Morgan fingerprint density at radius 2 is 1.90 bits per heavy atom. The number of allylic oxidation sites excluding steroid dienone is 8. The van der Waals surface area contributed by atoms with E-state index in [-0.39, 0.29) is 0 Å². The smallest absolute Gasteiger partial charge is 0.0229 e. The van der Waals surface area contributed by atoms with E-state index in [4.69, 9.17) is 0 Å². The fourth-order valence-corrected chi connectivity index (χ4v) is 5.31. The lowest BCUT2D eigenvalue weighted by atomic mass is 10.4. The monoisotopic (exact) mass is 298 g/mol. The van der Waals surface area contributed by atoms with Crippen molar-refractivity contribution in [2.24, 2.45) is 0 Å². The molecule has 0 bridgehead atoms. The van der Waals surface area contributed by atoms with Crippen molar-refractivity contribution in [1.29, 1.82) is 0 Å². The van der Waals surface area contributed by atoms with Crippen molar-refractivity contribution in [1.82, 2.24) is 0 Å². The second-order valence-corrected chi connectivity index (χ2v) is 7.58. The second kappa shape index (κ2) is 7.19. The predicted molar refractivity (Wildman–Crippen MR) is 93.8 cm³/mol. The molecule has 0 fully saturated rings. The number of hydrogen-bond acceptors (Lipinski definition) is 1. The summed E-state index contributed by atoms with van der Waals surface area (Å²) < 4.78 is 14.0. The van der Waals surface area contributed by atoms with E-state index in [0.717, 1.165) is 21.1 Å². The molecule has 2 rings (SSSR count). The first kappa shape index (κ1) is 15.5. The maximum Gasteiger partial charge on any atom is 0.0229 e. The van der Waals surface area contributed by atoms with Crippen molar-refractivity contribution < 1.29 is 4.21 Å². The summed E-state index contributed by atoms with van der Waals surface area (Å²) in [7, 11) is -2.79. The Bertz CT molecular complexity index is 673. The van der Waals surface area contributed by atoms with Crippen LogP contribution in [0.5, 0.6) is 0 Å². The maximum absolute atomic E-state index is 14.0. The Morgan fingerprint density at radius 3 is 2.57 bits per heavy atom. The van der Waals surface area contributed by atoms with Crippen LogP contribution in [0.3, 0.4) is 0 Å². The zero-order valence-corrected chi connectivity index (χ0v) is 13.5. The molecule has 0 atom stereocenters. The van der Waals surface area contributed by atoms with Crippen molar-refractivity contribution in [2.45, 2.75) is 25.2 Å². The average molecular weight is 298 g/mol. The van der Waals surface area contributed by atoms with E-state index >= 15 is 0 Å². The number of thiol groups is 1. The van der Waals surface area contributed by atoms with Crippen LogP contribution in [0.4, 0.5) is 0 Å². The van der Waals surface area contributed by atoms with Gasteiger partial charge in [0.05, 0.1) is 0 Å². The highest BCUT2D eigenvalue weighted by Gasteiger charge is 2.24. The number of hydrogen-bond donors (Lipinski definition) is 1. The van der Waals surface area contributed by atoms with Crippen LogP contribution in [0.15, 0.2) is 93.6 Å². The van der Waals surface area contributed by atoms with E-state index in [1.54, 1.807) is 0 Å². The van der Waals surface area contributed by atoms with Crippen molar-refractivity contribution >= 4 is 9.93 Å². The van der Waals surface area contributed by atoms with Crippen molar-refractivity contribution in [3.05, 3.63) is 88.8 Å². The zero-order valence-electron chi connectivity index (χ0n) is 12.6. The Morgan fingerprint density at radius 1 is 1.14 bits per heavy atom. The van der Waals surface area contributed by atoms with Gasteiger partial charge in [0.2, 0.25) is 0 Å². The van der Waals surface area contributed by atoms with Crippen molar-refractivity contribution in [3.63, 3.8) is 0 Å². The van der Waals surface area contributed by atoms with Gasteiger partial charge in [0.25, 0.3) is 0 Å². The minimum Gasteiger partial charge on any atom is -0.271 e. The van der Waals surface area contributed by atoms with Gasteiger partial charge < -0.3 is 0 Å². The largest absolute Gasteiger partial charge is 0.271 e. The van der Waals surface area contributed by atoms with Gasteiger partial charge >= 0.3 is 0 Å². The minimum atomic E-state index is -2.79. The van der Waals surface area contributed by atoms with Gasteiger partial charge in [-0.2, -0.15) is 0 Å². The van der Waals surface area contributed by atoms with Crippen LogP contribution in [-0.2, 0) is 9.93 Å². The SMILES string of the molecule is C/C=C\C(=C/C)[SH](=O)(C1=CCC=CC=C1)c1ccccc1. The molecule has 1 aliphatic carbocycles. The molecule has 0 amide bonds. The number of benzene rings is 1. The summed E-state index contributed by atoms with van der Waals surface area (Å²) in [5.74, 6) is 0. The Balaban J connectivity index is 2.65. The fourth-order valence-electron chi connectivity index (χ4n) is 2.44. The molecule has 0 saturated carbocycles. The molecular weight excluding hydrogens is 276 g/mol. The van der Waals surface area contributed by atoms with Crippen LogP contribution in [0.25, 0.3) is 0 Å². The van der Waals surface area contributed by atoms with Crippen LogP contribution in [0.1, 0.15) is 20.3 Å². The van der Waals surface area contributed by atoms with Crippen LogP contribution in [0.2, 0.25) is 0 Å². The first-order valence-electron chi connectivity index (χ1n) is 7.22. The first-order valence-corrected chi connectivity index (χ1v) is 8.93. The summed E-state index contributed by atoms with van der Waals surface area (Å²) in [6.07, 6.45) is 16.8. The third-order valence-electron chi connectivity index (χ3n) is 3.46. The molecule has 0 heterocycles. The van der Waals surface area contributed by atoms with E-state index in [1.165, 1.54) is 0 Å². The standard InChI is InChI=1S/C19H22OS/c1-3-12-17(4-2)21(20,19-15-10-7-11-16-19)18-13-8-5-6-9-14-18/h3-8,10-16,21H,9H2,1-2H3/b12-3-,17-4+. The average Bonchev–Trinajstić information content (AvgIpc) is 2.82. The highest BCUT2D eigenvalue weighted by Crippen LogP contribution is 2.36. The predicted octanol–water partition coefficient (Wildman–Crippen LogP) is 4.94. The van der Waals surface area contributed by atoms with Gasteiger partial charge in [0.15, 0.2) is 0 Å². The lowest BCUT2D eigenvalue weighted by Crippen LogP contribution is -2.16. The van der Waals surface area contributed by atoms with Crippen LogP contribution >= 0.6 is 0 Å². The summed E-state index contributed by atoms with van der Waals surface area (Å²) >= 11 is 0. The van der Waals surface area contributed by atoms with Crippen LogP contribution in [0, 0.1) is 0 Å². The molecule has 1 aromatic carbocycles. The fraction of sp³-hybridized carbons (Fsp3) is 0.158. The number of rotatable bonds is 4. The summed E-state index contributed by atoms with van der Waals surface area (Å²) in [6, 6.07) is 9.77. The second-order valence-electron chi connectivity index (χ2n) is 4.81. The lowest BCUT2D eigenvalue weighted by Gasteiger charge is -2.27. The van der Waals surface area contributed by atoms with Gasteiger partial charge in [0, 0.05) is 14.7 Å². The first-order chi connectivity index (χ1) is 10.2. The third kappa shape index (κ3) is 3.22. The molecular formula is C19H22OS. The molecule has 0 aromatic heterocycles. The third-order valence-corrected chi connectivity index (χ3v) is 6.68. The molecule has 110 valence electrons. The molecule has 0 spiro atoms. The van der Waals surface area contributed by atoms with Gasteiger partial charge in [0.1, 0.15) is 0 Å². The van der Waals surface area contributed by atoms with Gasteiger partial charge in [-0.15, -0.1) is 0 Å². The van der Waals surface area contributed by atoms with Crippen LogP contribution < -0.4 is 0 Å². The molecule has 0 radical (unpaired) electrons. The summed E-state index contributed by atoms with van der Waals surface area (Å²) in [4.78, 5) is 2.67. The highest BCUT2D eigenvalue weighted by atomic mass is 32.2. The van der Waals surface area contributed by atoms with Gasteiger partial charge in [-0.05, 0) is 48.4 Å². The van der Waals surface area contributed by atoms with Gasteiger partial charge in [-0.3, -0.25) is 4.21 Å². The topological polar surface area (TPSA) is 17.1 Å². The quantitative estimate of drug-likeness (QED) is 0.615. The summed E-state index contributed by atoms with van der Waals surface area (Å²) in [6.45, 7) is 3.90. The van der Waals surface area contributed by atoms with Crippen molar-refractivity contribution in [3.8, 4) is 0 Å². The van der Waals surface area contributed by atoms with Crippen molar-refractivity contribution in [2.75, 3.05) is 0 Å². The van der Waals surface area contributed by atoms with E-state index < -0.39 is 9.93 Å². The molecule has 0 aliphatic heterocycles.